The second-order valence-electron chi connectivity index (χ2n) is 16.2. The largest absolute Gasteiger partial charge is 0.462 e. The van der Waals surface area contributed by atoms with Gasteiger partial charge in [-0.1, -0.05) is 229 Å². The minimum absolute atomic E-state index is 0.0629. The van der Waals surface area contributed by atoms with E-state index in [1.807, 2.05) is 0 Å². The van der Waals surface area contributed by atoms with Crippen LogP contribution in [-0.2, 0) is 19.1 Å². The molecule has 0 aliphatic carbocycles. The summed E-state index contributed by atoms with van der Waals surface area (Å²) < 4.78 is 10.5. The molecule has 5 heteroatoms. The van der Waals surface area contributed by atoms with E-state index in [4.69, 9.17) is 9.47 Å². The Labute approximate surface area is 348 Å². The third kappa shape index (κ3) is 44.6. The van der Waals surface area contributed by atoms with Crippen LogP contribution in [0.2, 0.25) is 0 Å². The van der Waals surface area contributed by atoms with Gasteiger partial charge in [-0.3, -0.25) is 9.59 Å². The second kappa shape index (κ2) is 47.2. The van der Waals surface area contributed by atoms with Gasteiger partial charge < -0.3 is 14.6 Å². The number of allylic oxidation sites excluding steroid dienone is 8. The molecule has 0 spiro atoms. The molecule has 0 aromatic heterocycles. The van der Waals surface area contributed by atoms with Gasteiger partial charge in [0.1, 0.15) is 6.61 Å². The van der Waals surface area contributed by atoms with Crippen molar-refractivity contribution in [2.75, 3.05) is 13.2 Å². The highest BCUT2D eigenvalue weighted by Crippen LogP contribution is 2.16. The zero-order valence-electron chi connectivity index (χ0n) is 37.1. The Kier molecular flexibility index (Phi) is 45.4. The molecule has 0 aliphatic heterocycles. The number of rotatable bonds is 44. The first kappa shape index (κ1) is 53.9. The van der Waals surface area contributed by atoms with Crippen LogP contribution >= 0.6 is 0 Å². The molecule has 0 aromatic carbocycles. The van der Waals surface area contributed by atoms with Gasteiger partial charge in [-0.15, -0.1) is 0 Å². The van der Waals surface area contributed by atoms with Crippen molar-refractivity contribution in [2.45, 2.75) is 251 Å². The van der Waals surface area contributed by atoms with E-state index in [9.17, 15) is 14.7 Å². The van der Waals surface area contributed by atoms with Crippen LogP contribution < -0.4 is 0 Å². The zero-order chi connectivity index (χ0) is 40.7. The molecular weight excluding hydrogens is 693 g/mol. The molecule has 0 saturated heterocycles. The van der Waals surface area contributed by atoms with Gasteiger partial charge in [0.2, 0.25) is 0 Å². The predicted molar refractivity (Wildman–Crippen MR) is 242 cm³/mol. The summed E-state index contributed by atoms with van der Waals surface area (Å²) in [4.78, 5) is 24.0. The maximum absolute atomic E-state index is 12.1. The van der Waals surface area contributed by atoms with Crippen LogP contribution in [0.5, 0.6) is 0 Å². The number of unbranched alkanes of at least 4 members (excludes halogenated alkanes) is 28. The van der Waals surface area contributed by atoms with Crippen molar-refractivity contribution in [1.29, 1.82) is 0 Å². The van der Waals surface area contributed by atoms with Gasteiger partial charge >= 0.3 is 11.9 Å². The van der Waals surface area contributed by atoms with Gasteiger partial charge in [0.25, 0.3) is 0 Å². The molecule has 0 fully saturated rings. The number of hydrogen-bond donors (Lipinski definition) is 1. The standard InChI is InChI=1S/C51H92O5/c1-3-5-7-9-10-11-12-13-14-15-16-17-18-19-20-21-22-23-24-25-26-27-28-29-30-31-32-33-34-35-36-37-38-39-40-42-44-46-51(54)56-49(47-52)48-55-50(53)45-43-41-8-6-4-2/h5,7,10-11,13-14,16-17,49,52H,3-4,6,8-9,12,15,18-48H2,1-2H3/b7-5-,11-10-,14-13-,17-16-. The summed E-state index contributed by atoms with van der Waals surface area (Å²) in [5.41, 5.74) is 0. The molecule has 1 N–H and O–H groups in total. The maximum atomic E-state index is 12.1. The smallest absolute Gasteiger partial charge is 0.306 e. The minimum Gasteiger partial charge on any atom is -0.462 e. The van der Waals surface area contributed by atoms with Crippen molar-refractivity contribution < 1.29 is 24.2 Å². The summed E-state index contributed by atoms with van der Waals surface area (Å²) in [5, 5.41) is 9.49. The first-order valence-electron chi connectivity index (χ1n) is 24.2. The maximum Gasteiger partial charge on any atom is 0.306 e. The molecule has 56 heavy (non-hydrogen) atoms. The number of carbonyl (C=O) groups excluding carboxylic acids is 2. The Hall–Kier alpha value is -2.14. The van der Waals surface area contributed by atoms with Crippen LogP contribution in [0.4, 0.5) is 0 Å². The van der Waals surface area contributed by atoms with Crippen molar-refractivity contribution in [3.63, 3.8) is 0 Å². The van der Waals surface area contributed by atoms with Gasteiger partial charge in [0, 0.05) is 12.8 Å². The van der Waals surface area contributed by atoms with Gasteiger partial charge in [0.15, 0.2) is 6.10 Å². The monoisotopic (exact) mass is 785 g/mol. The van der Waals surface area contributed by atoms with Crippen molar-refractivity contribution in [1.82, 2.24) is 0 Å². The van der Waals surface area contributed by atoms with Crippen molar-refractivity contribution in [3.8, 4) is 0 Å². The summed E-state index contributed by atoms with van der Waals surface area (Å²) >= 11 is 0. The summed E-state index contributed by atoms with van der Waals surface area (Å²) in [6.45, 7) is 3.95. The molecule has 0 rings (SSSR count). The second-order valence-corrected chi connectivity index (χ2v) is 16.2. The van der Waals surface area contributed by atoms with Crippen LogP contribution in [0.3, 0.4) is 0 Å². The van der Waals surface area contributed by atoms with E-state index in [1.165, 1.54) is 154 Å². The highest BCUT2D eigenvalue weighted by Gasteiger charge is 2.16. The molecule has 0 heterocycles. The van der Waals surface area contributed by atoms with E-state index >= 15 is 0 Å². The Bertz CT molecular complexity index is 935. The summed E-state index contributed by atoms with van der Waals surface area (Å²) in [7, 11) is 0. The molecule has 5 nitrogen and oxygen atoms in total. The summed E-state index contributed by atoms with van der Waals surface area (Å²) in [6.07, 6.45) is 61.3. The van der Waals surface area contributed by atoms with Crippen molar-refractivity contribution >= 4 is 11.9 Å². The fourth-order valence-corrected chi connectivity index (χ4v) is 7.02. The van der Waals surface area contributed by atoms with E-state index in [0.29, 0.717) is 12.8 Å². The number of hydrogen-bond acceptors (Lipinski definition) is 5. The number of ether oxygens (including phenoxy) is 2. The van der Waals surface area contributed by atoms with E-state index in [2.05, 4.69) is 62.5 Å². The fourth-order valence-electron chi connectivity index (χ4n) is 7.02. The number of aliphatic hydroxyl groups excluding tert-OH is 1. The first-order chi connectivity index (χ1) is 27.6. The van der Waals surface area contributed by atoms with Gasteiger partial charge in [0.05, 0.1) is 6.61 Å². The summed E-state index contributed by atoms with van der Waals surface area (Å²) in [5.74, 6) is -0.596. The highest BCUT2D eigenvalue weighted by molar-refractivity contribution is 5.70. The molecule has 326 valence electrons. The normalized spacial score (nSPS) is 12.6. The lowest BCUT2D eigenvalue weighted by Gasteiger charge is -2.15. The lowest BCUT2D eigenvalue weighted by molar-refractivity contribution is -0.161. The van der Waals surface area contributed by atoms with Crippen molar-refractivity contribution in [3.05, 3.63) is 48.6 Å². The SMILES string of the molecule is CC/C=C\C/C=C\C/C=C\C/C=C\CCCCCCCCCCCCCCCCCCCCCCCCCCC(=O)OC(CO)COC(=O)CCCCCCC. The third-order valence-corrected chi connectivity index (χ3v) is 10.6. The lowest BCUT2D eigenvalue weighted by Crippen LogP contribution is -2.28. The quantitative estimate of drug-likeness (QED) is 0.0378. The zero-order valence-corrected chi connectivity index (χ0v) is 37.1. The van der Waals surface area contributed by atoms with Gasteiger partial charge in [-0.25, -0.2) is 0 Å². The average molecular weight is 785 g/mol. The Morgan fingerprint density at radius 2 is 0.768 bits per heavy atom. The highest BCUT2D eigenvalue weighted by atomic mass is 16.6. The Morgan fingerprint density at radius 1 is 0.429 bits per heavy atom. The Morgan fingerprint density at radius 3 is 1.16 bits per heavy atom. The molecule has 0 aliphatic rings. The minimum atomic E-state index is -0.763. The lowest BCUT2D eigenvalue weighted by atomic mass is 10.0. The topological polar surface area (TPSA) is 72.8 Å². The molecule has 1 unspecified atom stereocenters. The van der Waals surface area contributed by atoms with Crippen LogP contribution in [0.25, 0.3) is 0 Å². The molecule has 0 amide bonds. The molecule has 0 aromatic rings. The van der Waals surface area contributed by atoms with Crippen LogP contribution in [0.1, 0.15) is 245 Å². The van der Waals surface area contributed by atoms with E-state index < -0.39 is 6.10 Å². The number of esters is 2. The van der Waals surface area contributed by atoms with E-state index in [1.54, 1.807) is 0 Å². The predicted octanol–water partition coefficient (Wildman–Crippen LogP) is 15.7. The number of aliphatic hydroxyl groups is 1. The number of carbonyl (C=O) groups is 2. The molecule has 0 radical (unpaired) electrons. The third-order valence-electron chi connectivity index (χ3n) is 10.6. The van der Waals surface area contributed by atoms with Gasteiger partial charge in [-0.05, 0) is 51.4 Å². The van der Waals surface area contributed by atoms with Crippen LogP contribution in [-0.4, -0.2) is 36.4 Å². The Balaban J connectivity index is 3.33. The summed E-state index contributed by atoms with van der Waals surface area (Å²) in [6, 6.07) is 0. The molecular formula is C51H92O5. The molecule has 0 bridgehead atoms. The average Bonchev–Trinajstić information content (AvgIpc) is 3.20. The van der Waals surface area contributed by atoms with Crippen LogP contribution in [0, 0.1) is 0 Å². The van der Waals surface area contributed by atoms with Crippen molar-refractivity contribution in [2.24, 2.45) is 0 Å². The van der Waals surface area contributed by atoms with Crippen LogP contribution in [0.15, 0.2) is 48.6 Å². The fraction of sp³-hybridized carbons (Fsp3) is 0.804. The first-order valence-corrected chi connectivity index (χ1v) is 24.2. The van der Waals surface area contributed by atoms with Gasteiger partial charge in [-0.2, -0.15) is 0 Å². The molecule has 1 atom stereocenters. The molecule has 0 saturated carbocycles. The van der Waals surface area contributed by atoms with E-state index in [0.717, 1.165) is 64.2 Å². The van der Waals surface area contributed by atoms with E-state index in [-0.39, 0.29) is 25.2 Å².